The highest BCUT2D eigenvalue weighted by Crippen LogP contribution is 2.37. The molecule has 0 heterocycles. The molecule has 0 bridgehead atoms. The number of anilines is 1. The van der Waals surface area contributed by atoms with E-state index in [4.69, 9.17) is 9.47 Å². The number of benzene rings is 2. The second-order valence-electron chi connectivity index (χ2n) is 4.69. The fourth-order valence-electron chi connectivity index (χ4n) is 2.02. The Balaban J connectivity index is 2.22. The van der Waals surface area contributed by atoms with Crippen molar-refractivity contribution in [3.63, 3.8) is 0 Å². The zero-order valence-electron chi connectivity index (χ0n) is 12.2. The molecule has 0 amide bonds. The number of rotatable bonds is 5. The molecule has 0 aliphatic heterocycles. The number of phenols is 1. The summed E-state index contributed by atoms with van der Waals surface area (Å²) in [5, 5.41) is 12.9. The first-order valence-corrected chi connectivity index (χ1v) is 6.49. The van der Waals surface area contributed by atoms with Gasteiger partial charge in [0.25, 0.3) is 0 Å². The Bertz CT molecular complexity index is 618. The Hall–Kier alpha value is -2.43. The average Bonchev–Trinajstić information content (AvgIpc) is 2.49. The van der Waals surface area contributed by atoms with Crippen molar-refractivity contribution in [1.82, 2.24) is 0 Å². The molecule has 0 saturated heterocycles. The lowest BCUT2D eigenvalue weighted by atomic mass is 10.1. The van der Waals surface area contributed by atoms with Crippen LogP contribution < -0.4 is 14.8 Å². The maximum atomic E-state index is 13.7. The minimum absolute atomic E-state index is 0.0505. The maximum Gasteiger partial charge on any atom is 0.200 e. The molecule has 4 nitrogen and oxygen atoms in total. The number of phenolic OH excluding ortho intramolecular Hbond substituents is 1. The number of ether oxygens (including phenoxy) is 2. The van der Waals surface area contributed by atoms with Gasteiger partial charge in [-0.15, -0.1) is 0 Å². The van der Waals surface area contributed by atoms with Gasteiger partial charge in [-0.3, -0.25) is 0 Å². The number of methoxy groups -OCH3 is 2. The van der Waals surface area contributed by atoms with Crippen LogP contribution in [0.1, 0.15) is 11.1 Å². The third kappa shape index (κ3) is 3.37. The summed E-state index contributed by atoms with van der Waals surface area (Å²) in [5.74, 6) is 0.274. The van der Waals surface area contributed by atoms with Crippen LogP contribution in [-0.4, -0.2) is 19.3 Å². The van der Waals surface area contributed by atoms with Gasteiger partial charge in [-0.05, 0) is 42.3 Å². The molecule has 0 aliphatic rings. The normalized spacial score (nSPS) is 10.3. The van der Waals surface area contributed by atoms with E-state index in [-0.39, 0.29) is 11.6 Å². The molecular formula is C16H18FNO3. The molecule has 2 aromatic carbocycles. The van der Waals surface area contributed by atoms with Crippen LogP contribution in [0.25, 0.3) is 0 Å². The number of hydrogen-bond acceptors (Lipinski definition) is 4. The average molecular weight is 291 g/mol. The molecule has 0 radical (unpaired) electrons. The second kappa shape index (κ2) is 6.35. The highest BCUT2D eigenvalue weighted by atomic mass is 19.1. The molecule has 0 spiro atoms. The first kappa shape index (κ1) is 15.0. The molecule has 0 aromatic heterocycles. The number of aromatic hydroxyl groups is 1. The monoisotopic (exact) mass is 291 g/mol. The van der Waals surface area contributed by atoms with Gasteiger partial charge in [-0.2, -0.15) is 0 Å². The van der Waals surface area contributed by atoms with Crippen LogP contribution in [0.5, 0.6) is 17.2 Å². The van der Waals surface area contributed by atoms with Crippen LogP contribution in [0.2, 0.25) is 0 Å². The number of hydrogen-bond donors (Lipinski definition) is 2. The van der Waals surface area contributed by atoms with Gasteiger partial charge in [0, 0.05) is 6.54 Å². The minimum atomic E-state index is -0.307. The van der Waals surface area contributed by atoms with E-state index in [0.29, 0.717) is 23.7 Å². The predicted octanol–water partition coefficient (Wildman–Crippen LogP) is 3.47. The maximum absolute atomic E-state index is 13.7. The number of halogens is 1. The SMILES string of the molecule is COc1cc(CNc2cc(C)ccc2F)cc(OC)c1O. The van der Waals surface area contributed by atoms with Gasteiger partial charge < -0.3 is 19.9 Å². The summed E-state index contributed by atoms with van der Waals surface area (Å²) in [6, 6.07) is 8.24. The number of aryl methyl sites for hydroxylation is 1. The van der Waals surface area contributed by atoms with E-state index in [1.807, 2.05) is 6.92 Å². The summed E-state index contributed by atoms with van der Waals surface area (Å²) >= 11 is 0. The van der Waals surface area contributed by atoms with Crippen molar-refractivity contribution < 1.29 is 19.0 Å². The summed E-state index contributed by atoms with van der Waals surface area (Å²) in [5.41, 5.74) is 2.21. The molecule has 112 valence electrons. The van der Waals surface area contributed by atoms with Gasteiger partial charge in [0.15, 0.2) is 11.5 Å². The molecule has 0 fully saturated rings. The van der Waals surface area contributed by atoms with Crippen molar-refractivity contribution in [3.8, 4) is 17.2 Å². The Labute approximate surface area is 123 Å². The van der Waals surface area contributed by atoms with E-state index in [0.717, 1.165) is 11.1 Å². The lowest BCUT2D eigenvalue weighted by Crippen LogP contribution is -2.03. The zero-order chi connectivity index (χ0) is 15.4. The molecule has 2 aromatic rings. The summed E-state index contributed by atoms with van der Waals surface area (Å²) in [6.45, 7) is 2.28. The molecule has 5 heteroatoms. The lowest BCUT2D eigenvalue weighted by Gasteiger charge is -2.13. The Morgan fingerprint density at radius 1 is 1.10 bits per heavy atom. The standard InChI is InChI=1S/C16H18FNO3/c1-10-4-5-12(17)13(6-10)18-9-11-7-14(20-2)16(19)15(8-11)21-3/h4-8,18-19H,9H2,1-3H3. The van der Waals surface area contributed by atoms with E-state index < -0.39 is 0 Å². The van der Waals surface area contributed by atoms with Crippen molar-refractivity contribution in [1.29, 1.82) is 0 Å². The van der Waals surface area contributed by atoms with E-state index in [2.05, 4.69) is 5.32 Å². The predicted molar refractivity (Wildman–Crippen MR) is 79.7 cm³/mol. The van der Waals surface area contributed by atoms with Crippen molar-refractivity contribution in [2.24, 2.45) is 0 Å². The van der Waals surface area contributed by atoms with Crippen molar-refractivity contribution in [2.45, 2.75) is 13.5 Å². The molecule has 0 aliphatic carbocycles. The minimum Gasteiger partial charge on any atom is -0.502 e. The van der Waals surface area contributed by atoms with E-state index >= 15 is 0 Å². The first-order valence-electron chi connectivity index (χ1n) is 6.49. The molecule has 0 unspecified atom stereocenters. The molecular weight excluding hydrogens is 273 g/mol. The zero-order valence-corrected chi connectivity index (χ0v) is 12.2. The summed E-state index contributed by atoms with van der Waals surface area (Å²) in [6.07, 6.45) is 0. The van der Waals surface area contributed by atoms with Gasteiger partial charge >= 0.3 is 0 Å². The van der Waals surface area contributed by atoms with Crippen LogP contribution in [0, 0.1) is 12.7 Å². The van der Waals surface area contributed by atoms with Crippen molar-refractivity contribution in [3.05, 3.63) is 47.3 Å². The Morgan fingerprint density at radius 3 is 2.29 bits per heavy atom. The van der Waals surface area contributed by atoms with Crippen LogP contribution in [0.3, 0.4) is 0 Å². The van der Waals surface area contributed by atoms with Crippen LogP contribution in [-0.2, 0) is 6.54 Å². The van der Waals surface area contributed by atoms with Gasteiger partial charge in [0.2, 0.25) is 5.75 Å². The third-order valence-electron chi connectivity index (χ3n) is 3.14. The highest BCUT2D eigenvalue weighted by Gasteiger charge is 2.11. The Morgan fingerprint density at radius 2 is 1.71 bits per heavy atom. The van der Waals surface area contributed by atoms with Crippen LogP contribution in [0.4, 0.5) is 10.1 Å². The fourth-order valence-corrected chi connectivity index (χ4v) is 2.02. The summed E-state index contributed by atoms with van der Waals surface area (Å²) in [4.78, 5) is 0. The van der Waals surface area contributed by atoms with Gasteiger partial charge in [0.1, 0.15) is 5.82 Å². The smallest absolute Gasteiger partial charge is 0.200 e. The lowest BCUT2D eigenvalue weighted by molar-refractivity contribution is 0.339. The quantitative estimate of drug-likeness (QED) is 0.885. The van der Waals surface area contributed by atoms with Gasteiger partial charge in [0.05, 0.1) is 19.9 Å². The van der Waals surface area contributed by atoms with E-state index in [1.54, 1.807) is 24.3 Å². The highest BCUT2D eigenvalue weighted by molar-refractivity contribution is 5.54. The largest absolute Gasteiger partial charge is 0.502 e. The van der Waals surface area contributed by atoms with E-state index in [9.17, 15) is 9.50 Å². The summed E-state index contributed by atoms with van der Waals surface area (Å²) in [7, 11) is 2.93. The van der Waals surface area contributed by atoms with Gasteiger partial charge in [-0.1, -0.05) is 6.07 Å². The van der Waals surface area contributed by atoms with Crippen LogP contribution >= 0.6 is 0 Å². The van der Waals surface area contributed by atoms with Crippen molar-refractivity contribution in [2.75, 3.05) is 19.5 Å². The van der Waals surface area contributed by atoms with Crippen LogP contribution in [0.15, 0.2) is 30.3 Å². The molecule has 2 rings (SSSR count). The first-order chi connectivity index (χ1) is 10.0. The second-order valence-corrected chi connectivity index (χ2v) is 4.69. The third-order valence-corrected chi connectivity index (χ3v) is 3.14. The fraction of sp³-hybridized carbons (Fsp3) is 0.250. The molecule has 0 atom stereocenters. The summed E-state index contributed by atoms with van der Waals surface area (Å²) < 4.78 is 23.9. The molecule has 21 heavy (non-hydrogen) atoms. The van der Waals surface area contributed by atoms with Crippen molar-refractivity contribution >= 4 is 5.69 Å². The molecule has 2 N–H and O–H groups in total. The molecule has 0 saturated carbocycles. The number of nitrogens with one attached hydrogen (secondary N) is 1. The van der Waals surface area contributed by atoms with Gasteiger partial charge in [-0.25, -0.2) is 4.39 Å². The topological polar surface area (TPSA) is 50.7 Å². The van der Waals surface area contributed by atoms with E-state index in [1.165, 1.54) is 20.3 Å². The Kier molecular flexibility index (Phi) is 4.52.